The molecule has 0 aromatic heterocycles. The maximum Gasteiger partial charge on any atom is 0.161 e. The number of hydrogen-bond acceptors (Lipinski definition) is 3. The van der Waals surface area contributed by atoms with E-state index in [9.17, 15) is 5.11 Å². The molecular formula is C12H18O3. The number of rotatable bonds is 5. The maximum atomic E-state index is 9.28. The molecule has 0 heterocycles. The Labute approximate surface area is 90.6 Å². The summed E-state index contributed by atoms with van der Waals surface area (Å²) < 4.78 is 10.6. The lowest BCUT2D eigenvalue weighted by molar-refractivity contribution is 0.195. The minimum Gasteiger partial charge on any atom is -0.493 e. The highest BCUT2D eigenvalue weighted by Gasteiger charge is 2.06. The molecule has 0 unspecified atom stereocenters. The molecule has 0 aliphatic rings. The summed E-state index contributed by atoms with van der Waals surface area (Å²) in [5.74, 6) is 1.46. The Bertz CT molecular complexity index is 308. The van der Waals surface area contributed by atoms with E-state index >= 15 is 0 Å². The van der Waals surface area contributed by atoms with Crippen molar-refractivity contribution in [1.82, 2.24) is 0 Å². The fourth-order valence-corrected chi connectivity index (χ4v) is 1.46. The molecule has 3 nitrogen and oxygen atoms in total. The van der Waals surface area contributed by atoms with E-state index in [4.69, 9.17) is 9.47 Å². The van der Waals surface area contributed by atoms with Crippen LogP contribution in [0.2, 0.25) is 0 Å². The fourth-order valence-electron chi connectivity index (χ4n) is 1.46. The quantitative estimate of drug-likeness (QED) is 0.808. The van der Waals surface area contributed by atoms with Gasteiger partial charge in [-0.3, -0.25) is 0 Å². The monoisotopic (exact) mass is 210 g/mol. The second-order valence-electron chi connectivity index (χ2n) is 3.47. The minimum atomic E-state index is -0.340. The van der Waals surface area contributed by atoms with Crippen molar-refractivity contribution in [1.29, 1.82) is 0 Å². The van der Waals surface area contributed by atoms with Gasteiger partial charge in [-0.2, -0.15) is 0 Å². The van der Waals surface area contributed by atoms with Gasteiger partial charge in [0.2, 0.25) is 0 Å². The Kier molecular flexibility index (Phi) is 4.43. The van der Waals surface area contributed by atoms with Gasteiger partial charge in [0.15, 0.2) is 11.5 Å². The number of benzene rings is 1. The molecule has 3 heteroatoms. The number of ether oxygens (including phenoxy) is 2. The van der Waals surface area contributed by atoms with Crippen molar-refractivity contribution in [3.8, 4) is 11.5 Å². The van der Waals surface area contributed by atoms with Crippen LogP contribution in [0.4, 0.5) is 0 Å². The van der Waals surface area contributed by atoms with Crippen molar-refractivity contribution in [3.63, 3.8) is 0 Å². The molecule has 0 aliphatic carbocycles. The molecule has 1 aromatic carbocycles. The van der Waals surface area contributed by atoms with Gasteiger partial charge in [-0.15, -0.1) is 0 Å². The number of aliphatic hydroxyl groups excluding tert-OH is 1. The molecule has 0 saturated carbocycles. The summed E-state index contributed by atoms with van der Waals surface area (Å²) in [6, 6.07) is 5.71. The minimum absolute atomic E-state index is 0.340. The molecule has 0 fully saturated rings. The summed E-state index contributed by atoms with van der Waals surface area (Å²) in [5, 5.41) is 9.28. The van der Waals surface area contributed by atoms with E-state index in [0.29, 0.717) is 13.0 Å². The van der Waals surface area contributed by atoms with E-state index in [1.54, 1.807) is 14.0 Å². The Morgan fingerprint density at radius 2 is 2.07 bits per heavy atom. The van der Waals surface area contributed by atoms with Crippen LogP contribution in [-0.4, -0.2) is 24.9 Å². The average molecular weight is 210 g/mol. The molecule has 0 bridgehead atoms. The number of hydrogen-bond donors (Lipinski definition) is 1. The lowest BCUT2D eigenvalue weighted by Gasteiger charge is -2.11. The van der Waals surface area contributed by atoms with Gasteiger partial charge >= 0.3 is 0 Å². The van der Waals surface area contributed by atoms with Crippen molar-refractivity contribution in [2.75, 3.05) is 13.7 Å². The highest BCUT2D eigenvalue weighted by Crippen LogP contribution is 2.28. The predicted octanol–water partition coefficient (Wildman–Crippen LogP) is 2.02. The zero-order valence-electron chi connectivity index (χ0n) is 9.49. The van der Waals surface area contributed by atoms with Crippen LogP contribution in [0.15, 0.2) is 18.2 Å². The van der Waals surface area contributed by atoms with Gasteiger partial charge < -0.3 is 14.6 Å². The molecule has 84 valence electrons. The van der Waals surface area contributed by atoms with E-state index in [2.05, 4.69) is 0 Å². The molecule has 1 aromatic rings. The van der Waals surface area contributed by atoms with Crippen LogP contribution in [0.3, 0.4) is 0 Å². The summed E-state index contributed by atoms with van der Waals surface area (Å²) in [7, 11) is 1.62. The van der Waals surface area contributed by atoms with Crippen molar-refractivity contribution in [2.45, 2.75) is 26.4 Å². The zero-order valence-corrected chi connectivity index (χ0v) is 9.49. The first-order valence-corrected chi connectivity index (χ1v) is 5.15. The van der Waals surface area contributed by atoms with Gasteiger partial charge in [-0.05, 0) is 38.0 Å². The maximum absolute atomic E-state index is 9.28. The van der Waals surface area contributed by atoms with E-state index in [-0.39, 0.29) is 6.10 Å². The normalized spacial score (nSPS) is 12.3. The lowest BCUT2D eigenvalue weighted by Crippen LogP contribution is -2.05. The first kappa shape index (κ1) is 11.9. The summed E-state index contributed by atoms with van der Waals surface area (Å²) in [6.45, 7) is 4.31. The first-order chi connectivity index (χ1) is 7.17. The molecule has 1 rings (SSSR count). The second-order valence-corrected chi connectivity index (χ2v) is 3.47. The molecule has 0 amide bonds. The topological polar surface area (TPSA) is 38.7 Å². The third-order valence-corrected chi connectivity index (χ3v) is 2.06. The first-order valence-electron chi connectivity index (χ1n) is 5.15. The van der Waals surface area contributed by atoms with Gasteiger partial charge in [0.1, 0.15) is 0 Å². The van der Waals surface area contributed by atoms with Crippen LogP contribution >= 0.6 is 0 Å². The standard InChI is InChI=1S/C12H18O3/c1-4-15-12-8-10(7-9(2)13)5-6-11(12)14-3/h5-6,8-9,13H,4,7H2,1-3H3/t9-/m1/s1. The van der Waals surface area contributed by atoms with E-state index < -0.39 is 0 Å². The van der Waals surface area contributed by atoms with Crippen LogP contribution in [-0.2, 0) is 6.42 Å². The molecule has 0 saturated heterocycles. The third kappa shape index (κ3) is 3.44. The van der Waals surface area contributed by atoms with E-state index in [1.165, 1.54) is 0 Å². The molecule has 0 spiro atoms. The number of aliphatic hydroxyl groups is 1. The van der Waals surface area contributed by atoms with Crippen molar-refractivity contribution < 1.29 is 14.6 Å². The Morgan fingerprint density at radius 1 is 1.33 bits per heavy atom. The Hall–Kier alpha value is -1.22. The SMILES string of the molecule is CCOc1cc(C[C@@H](C)O)ccc1OC. The smallest absolute Gasteiger partial charge is 0.161 e. The van der Waals surface area contributed by atoms with E-state index in [0.717, 1.165) is 17.1 Å². The van der Waals surface area contributed by atoms with Crippen LogP contribution in [0.25, 0.3) is 0 Å². The van der Waals surface area contributed by atoms with Crippen LogP contribution < -0.4 is 9.47 Å². The number of methoxy groups -OCH3 is 1. The Balaban J connectivity index is 2.88. The fraction of sp³-hybridized carbons (Fsp3) is 0.500. The van der Waals surface area contributed by atoms with Crippen LogP contribution in [0.1, 0.15) is 19.4 Å². The second kappa shape index (κ2) is 5.61. The van der Waals surface area contributed by atoms with Crippen molar-refractivity contribution >= 4 is 0 Å². The highest BCUT2D eigenvalue weighted by molar-refractivity contribution is 5.43. The molecule has 1 atom stereocenters. The summed E-state index contributed by atoms with van der Waals surface area (Å²) in [5.41, 5.74) is 1.05. The third-order valence-electron chi connectivity index (χ3n) is 2.06. The van der Waals surface area contributed by atoms with E-state index in [1.807, 2.05) is 25.1 Å². The molecule has 0 aliphatic heterocycles. The van der Waals surface area contributed by atoms with Crippen molar-refractivity contribution in [3.05, 3.63) is 23.8 Å². The highest BCUT2D eigenvalue weighted by atomic mass is 16.5. The summed E-state index contributed by atoms with van der Waals surface area (Å²) in [6.07, 6.45) is 0.289. The van der Waals surface area contributed by atoms with Gasteiger partial charge in [0, 0.05) is 0 Å². The lowest BCUT2D eigenvalue weighted by atomic mass is 10.1. The molecule has 0 radical (unpaired) electrons. The largest absolute Gasteiger partial charge is 0.493 e. The zero-order chi connectivity index (χ0) is 11.3. The summed E-state index contributed by atoms with van der Waals surface area (Å²) >= 11 is 0. The van der Waals surface area contributed by atoms with Gasteiger partial charge in [-0.1, -0.05) is 6.07 Å². The molecule has 1 N–H and O–H groups in total. The Morgan fingerprint density at radius 3 is 2.60 bits per heavy atom. The summed E-state index contributed by atoms with van der Waals surface area (Å²) in [4.78, 5) is 0. The molecule has 15 heavy (non-hydrogen) atoms. The van der Waals surface area contributed by atoms with Crippen LogP contribution in [0, 0.1) is 0 Å². The molecular weight excluding hydrogens is 192 g/mol. The van der Waals surface area contributed by atoms with Crippen LogP contribution in [0.5, 0.6) is 11.5 Å². The van der Waals surface area contributed by atoms with Gasteiger partial charge in [0.05, 0.1) is 19.8 Å². The van der Waals surface area contributed by atoms with Gasteiger partial charge in [-0.25, -0.2) is 0 Å². The van der Waals surface area contributed by atoms with Gasteiger partial charge in [0.25, 0.3) is 0 Å². The predicted molar refractivity (Wildman–Crippen MR) is 59.5 cm³/mol. The average Bonchev–Trinajstić information content (AvgIpc) is 2.18. The van der Waals surface area contributed by atoms with Crippen molar-refractivity contribution in [2.24, 2.45) is 0 Å².